The van der Waals surface area contributed by atoms with Gasteiger partial charge in [0.15, 0.2) is 0 Å². The Morgan fingerprint density at radius 1 is 1.82 bits per heavy atom. The molecule has 0 aromatic heterocycles. The number of carbonyl (C=O) groups is 1. The van der Waals surface area contributed by atoms with Crippen LogP contribution in [0.4, 0.5) is 4.79 Å². The summed E-state index contributed by atoms with van der Waals surface area (Å²) in [6.45, 7) is 1.73. The third kappa shape index (κ3) is 2.38. The number of carbonyl (C=O) groups excluding carboxylic acids is 1. The summed E-state index contributed by atoms with van der Waals surface area (Å²) in [6.07, 6.45) is 0.923. The summed E-state index contributed by atoms with van der Waals surface area (Å²) >= 11 is 0. The molecule has 1 amide bonds. The molecule has 0 saturated heterocycles. The van der Waals surface area contributed by atoms with E-state index in [2.05, 4.69) is 0 Å². The lowest BCUT2D eigenvalue weighted by Crippen LogP contribution is -2.24. The second-order valence-corrected chi connectivity index (χ2v) is 3.30. The van der Waals surface area contributed by atoms with E-state index in [1.54, 1.807) is 6.92 Å². The van der Waals surface area contributed by atoms with Crippen LogP contribution >= 0.6 is 0 Å². The molecule has 2 atom stereocenters. The minimum atomic E-state index is -0.757. The lowest BCUT2D eigenvalue weighted by molar-refractivity contribution is 0.0444. The lowest BCUT2D eigenvalue weighted by atomic mass is 10.1. The third-order valence-corrected chi connectivity index (χ3v) is 1.96. The van der Waals surface area contributed by atoms with Crippen molar-refractivity contribution in [2.45, 2.75) is 37.9 Å². The Hall–Kier alpha value is -0.770. The Bertz CT molecular complexity index is 167. The zero-order valence-electron chi connectivity index (χ0n) is 6.54. The van der Waals surface area contributed by atoms with Crippen LogP contribution in [0.2, 0.25) is 0 Å². The van der Waals surface area contributed by atoms with E-state index in [-0.39, 0.29) is 6.10 Å². The van der Waals surface area contributed by atoms with Crippen LogP contribution in [0.1, 0.15) is 26.2 Å². The van der Waals surface area contributed by atoms with Crippen LogP contribution in [-0.2, 0) is 4.74 Å². The molecule has 0 spiro atoms. The van der Waals surface area contributed by atoms with E-state index in [1.807, 2.05) is 0 Å². The lowest BCUT2D eigenvalue weighted by Gasteiger charge is -2.15. The molecule has 4 heteroatoms. The van der Waals surface area contributed by atoms with Crippen LogP contribution in [-0.4, -0.2) is 22.9 Å². The van der Waals surface area contributed by atoms with Crippen molar-refractivity contribution in [1.82, 2.24) is 0 Å². The largest absolute Gasteiger partial charge is 0.446 e. The number of rotatable bonds is 1. The van der Waals surface area contributed by atoms with Gasteiger partial charge in [0.05, 0.1) is 5.60 Å². The van der Waals surface area contributed by atoms with Crippen molar-refractivity contribution in [3.8, 4) is 0 Å². The van der Waals surface area contributed by atoms with E-state index in [1.165, 1.54) is 0 Å². The highest BCUT2D eigenvalue weighted by atomic mass is 16.6. The van der Waals surface area contributed by atoms with Crippen molar-refractivity contribution < 1.29 is 14.6 Å². The van der Waals surface area contributed by atoms with Crippen molar-refractivity contribution in [3.05, 3.63) is 0 Å². The zero-order valence-corrected chi connectivity index (χ0v) is 6.54. The van der Waals surface area contributed by atoms with Gasteiger partial charge in [0, 0.05) is 6.42 Å². The number of hydrogen-bond donors (Lipinski definition) is 2. The normalized spacial score (nSPS) is 37.1. The molecule has 3 N–H and O–H groups in total. The molecule has 4 nitrogen and oxygen atoms in total. The van der Waals surface area contributed by atoms with Gasteiger partial charge in [-0.25, -0.2) is 4.79 Å². The van der Waals surface area contributed by atoms with Crippen molar-refractivity contribution in [2.75, 3.05) is 0 Å². The van der Waals surface area contributed by atoms with Gasteiger partial charge >= 0.3 is 6.09 Å². The highest BCUT2D eigenvalue weighted by molar-refractivity contribution is 5.64. The summed E-state index contributed by atoms with van der Waals surface area (Å²) in [4.78, 5) is 10.3. The first-order valence-corrected chi connectivity index (χ1v) is 3.68. The molecule has 0 aromatic rings. The Labute approximate surface area is 65.3 Å². The minimum Gasteiger partial charge on any atom is -0.446 e. The van der Waals surface area contributed by atoms with Crippen LogP contribution in [0.25, 0.3) is 0 Å². The molecule has 0 aromatic carbocycles. The first kappa shape index (κ1) is 8.33. The summed E-state index contributed by atoms with van der Waals surface area (Å²) in [5, 5.41) is 9.45. The van der Waals surface area contributed by atoms with Gasteiger partial charge in [-0.2, -0.15) is 0 Å². The van der Waals surface area contributed by atoms with E-state index >= 15 is 0 Å². The number of ether oxygens (including phenoxy) is 1. The Balaban J connectivity index is 2.36. The molecule has 2 unspecified atom stereocenters. The molecule has 1 aliphatic rings. The standard InChI is InChI=1S/C7H13NO3/c1-7(10)3-2-5(4-7)11-6(8)9/h5,10H,2-4H2,1H3,(H2,8,9). The SMILES string of the molecule is CC1(O)CCC(OC(N)=O)C1. The summed E-state index contributed by atoms with van der Waals surface area (Å²) in [5.41, 5.74) is 4.14. The van der Waals surface area contributed by atoms with Crippen LogP contribution in [0.15, 0.2) is 0 Å². The van der Waals surface area contributed by atoms with Crippen molar-refractivity contribution in [2.24, 2.45) is 5.73 Å². The van der Waals surface area contributed by atoms with Gasteiger partial charge in [0.1, 0.15) is 6.10 Å². The number of primary amides is 1. The van der Waals surface area contributed by atoms with Crippen LogP contribution in [0.3, 0.4) is 0 Å². The molecule has 1 rings (SSSR count). The Morgan fingerprint density at radius 2 is 2.45 bits per heavy atom. The first-order valence-electron chi connectivity index (χ1n) is 3.68. The van der Waals surface area contributed by atoms with E-state index in [4.69, 9.17) is 10.5 Å². The van der Waals surface area contributed by atoms with E-state index in [0.29, 0.717) is 19.3 Å². The highest BCUT2D eigenvalue weighted by Gasteiger charge is 2.34. The van der Waals surface area contributed by atoms with Gasteiger partial charge in [-0.05, 0) is 19.8 Å². The van der Waals surface area contributed by atoms with E-state index < -0.39 is 11.7 Å². The third-order valence-electron chi connectivity index (χ3n) is 1.96. The van der Waals surface area contributed by atoms with Crippen LogP contribution in [0.5, 0.6) is 0 Å². The van der Waals surface area contributed by atoms with Gasteiger partial charge in [-0.3, -0.25) is 0 Å². The van der Waals surface area contributed by atoms with Gasteiger partial charge in [0.25, 0.3) is 0 Å². The highest BCUT2D eigenvalue weighted by Crippen LogP contribution is 2.30. The van der Waals surface area contributed by atoms with Crippen molar-refractivity contribution in [1.29, 1.82) is 0 Å². The second-order valence-electron chi connectivity index (χ2n) is 3.30. The average molecular weight is 159 g/mol. The molecule has 0 bridgehead atoms. The fraction of sp³-hybridized carbons (Fsp3) is 0.857. The maximum Gasteiger partial charge on any atom is 0.404 e. The van der Waals surface area contributed by atoms with E-state index in [9.17, 15) is 9.90 Å². The molecule has 64 valence electrons. The Morgan fingerprint density at radius 3 is 2.82 bits per heavy atom. The smallest absolute Gasteiger partial charge is 0.404 e. The maximum absolute atomic E-state index is 10.3. The molecule has 0 aliphatic heterocycles. The zero-order chi connectivity index (χ0) is 8.48. The number of hydrogen-bond acceptors (Lipinski definition) is 3. The molecule has 1 fully saturated rings. The molecular formula is C7H13NO3. The van der Waals surface area contributed by atoms with Crippen LogP contribution in [0, 0.1) is 0 Å². The molecule has 0 radical (unpaired) electrons. The van der Waals surface area contributed by atoms with Gasteiger partial charge < -0.3 is 15.6 Å². The average Bonchev–Trinajstić information content (AvgIpc) is 2.08. The number of amides is 1. The minimum absolute atomic E-state index is 0.192. The molecule has 11 heavy (non-hydrogen) atoms. The number of aliphatic hydroxyl groups is 1. The van der Waals surface area contributed by atoms with Gasteiger partial charge in [-0.15, -0.1) is 0 Å². The molecular weight excluding hydrogens is 146 g/mol. The van der Waals surface area contributed by atoms with Crippen LogP contribution < -0.4 is 5.73 Å². The van der Waals surface area contributed by atoms with Crippen molar-refractivity contribution >= 4 is 6.09 Å². The summed E-state index contributed by atoms with van der Waals surface area (Å²) in [7, 11) is 0. The first-order chi connectivity index (χ1) is 4.99. The van der Waals surface area contributed by atoms with Gasteiger partial charge in [0.2, 0.25) is 0 Å². The molecule has 1 aliphatic carbocycles. The number of nitrogens with two attached hydrogens (primary N) is 1. The van der Waals surface area contributed by atoms with Gasteiger partial charge in [-0.1, -0.05) is 0 Å². The topological polar surface area (TPSA) is 72.6 Å². The maximum atomic E-state index is 10.3. The summed E-state index contributed by atoms with van der Waals surface area (Å²) < 4.78 is 4.73. The van der Waals surface area contributed by atoms with Crippen molar-refractivity contribution in [3.63, 3.8) is 0 Å². The fourth-order valence-corrected chi connectivity index (χ4v) is 1.43. The fourth-order valence-electron chi connectivity index (χ4n) is 1.43. The molecule has 0 heterocycles. The van der Waals surface area contributed by atoms with E-state index in [0.717, 1.165) is 0 Å². The second kappa shape index (κ2) is 2.70. The summed E-state index contributed by atoms with van der Waals surface area (Å²) in [6, 6.07) is 0. The molecule has 1 saturated carbocycles. The quantitative estimate of drug-likeness (QED) is 0.581. The predicted octanol–water partition coefficient (Wildman–Crippen LogP) is 0.385. The summed E-state index contributed by atoms with van der Waals surface area (Å²) in [5.74, 6) is 0. The Kier molecular flexibility index (Phi) is 2.04. The predicted molar refractivity (Wildman–Crippen MR) is 38.9 cm³/mol. The monoisotopic (exact) mass is 159 g/mol.